The molecule has 0 fully saturated rings. The van der Waals surface area contributed by atoms with E-state index in [9.17, 15) is 8.78 Å². The van der Waals surface area contributed by atoms with Gasteiger partial charge in [0.1, 0.15) is 5.52 Å². The van der Waals surface area contributed by atoms with Gasteiger partial charge in [-0.15, -0.1) is 0 Å². The summed E-state index contributed by atoms with van der Waals surface area (Å²) < 4.78 is 28.8. The maximum absolute atomic E-state index is 14.0. The molecule has 3 rings (SSSR count). The molecule has 0 aliphatic heterocycles. The van der Waals surface area contributed by atoms with Gasteiger partial charge in [-0.3, -0.25) is 4.98 Å². The average Bonchev–Trinajstić information content (AvgIpc) is 2.74. The second kappa shape index (κ2) is 4.56. The van der Waals surface area contributed by atoms with E-state index in [-0.39, 0.29) is 18.0 Å². The minimum absolute atomic E-state index is 0.0625. The van der Waals surface area contributed by atoms with Crippen LogP contribution in [0.1, 0.15) is 11.3 Å². The van der Waals surface area contributed by atoms with Crippen molar-refractivity contribution in [1.29, 1.82) is 0 Å². The van der Waals surface area contributed by atoms with E-state index in [4.69, 9.17) is 5.73 Å². The van der Waals surface area contributed by atoms with Crippen molar-refractivity contribution in [2.75, 3.05) is 5.73 Å². The van der Waals surface area contributed by atoms with Crippen LogP contribution in [0.4, 0.5) is 14.7 Å². The number of benzene rings is 1. The summed E-state index contributed by atoms with van der Waals surface area (Å²) >= 11 is 0. The summed E-state index contributed by atoms with van der Waals surface area (Å²) in [6, 6.07) is 6.16. The van der Waals surface area contributed by atoms with E-state index in [1.165, 1.54) is 10.6 Å². The smallest absolute Gasteiger partial charge is 0.201 e. The number of hydrogen-bond donors (Lipinski definition) is 1. The number of anilines is 1. The number of halogens is 2. The lowest BCUT2D eigenvalue weighted by molar-refractivity contribution is 0.512. The largest absolute Gasteiger partial charge is 0.369 e. The molecule has 3 aromatic rings. The molecule has 0 atom stereocenters. The van der Waals surface area contributed by atoms with E-state index in [0.29, 0.717) is 5.52 Å². The van der Waals surface area contributed by atoms with Crippen LogP contribution in [-0.2, 0) is 6.54 Å². The third-order valence-corrected chi connectivity index (χ3v) is 3.25. The first-order valence-electron chi connectivity index (χ1n) is 6.08. The van der Waals surface area contributed by atoms with Crippen molar-refractivity contribution in [3.63, 3.8) is 0 Å². The van der Waals surface area contributed by atoms with E-state index in [0.717, 1.165) is 17.3 Å². The van der Waals surface area contributed by atoms with Crippen molar-refractivity contribution in [3.05, 3.63) is 53.4 Å². The number of imidazole rings is 1. The number of nitrogen functional groups attached to an aromatic ring is 1. The summed E-state index contributed by atoms with van der Waals surface area (Å²) in [6.45, 7) is 2.14. The summed E-state index contributed by atoms with van der Waals surface area (Å²) in [5.74, 6) is -1.73. The average molecular weight is 274 g/mol. The molecule has 0 amide bonds. The van der Waals surface area contributed by atoms with Gasteiger partial charge in [0.2, 0.25) is 5.95 Å². The monoisotopic (exact) mass is 274 g/mol. The molecule has 102 valence electrons. The van der Waals surface area contributed by atoms with E-state index >= 15 is 0 Å². The lowest BCUT2D eigenvalue weighted by Crippen LogP contribution is -2.08. The highest BCUT2D eigenvalue weighted by atomic mass is 19.2. The zero-order chi connectivity index (χ0) is 14.3. The zero-order valence-electron chi connectivity index (χ0n) is 10.8. The van der Waals surface area contributed by atoms with Crippen molar-refractivity contribution in [3.8, 4) is 0 Å². The Morgan fingerprint density at radius 1 is 1.25 bits per heavy atom. The Labute approximate surface area is 113 Å². The maximum atomic E-state index is 14.0. The summed E-state index contributed by atoms with van der Waals surface area (Å²) in [4.78, 5) is 8.28. The van der Waals surface area contributed by atoms with Gasteiger partial charge >= 0.3 is 0 Å². The molecule has 20 heavy (non-hydrogen) atoms. The number of nitrogens with two attached hydrogens (primary N) is 1. The molecule has 0 saturated heterocycles. The van der Waals surface area contributed by atoms with Crippen LogP contribution >= 0.6 is 0 Å². The molecular weight excluding hydrogens is 262 g/mol. The van der Waals surface area contributed by atoms with Gasteiger partial charge in [0.05, 0.1) is 17.8 Å². The molecule has 0 spiro atoms. The van der Waals surface area contributed by atoms with Crippen LogP contribution in [0.15, 0.2) is 30.5 Å². The first-order chi connectivity index (χ1) is 9.58. The van der Waals surface area contributed by atoms with Crippen molar-refractivity contribution < 1.29 is 8.78 Å². The van der Waals surface area contributed by atoms with Crippen LogP contribution in [0.3, 0.4) is 0 Å². The van der Waals surface area contributed by atoms with Gasteiger partial charge in [-0.25, -0.2) is 13.8 Å². The molecule has 0 saturated carbocycles. The summed E-state index contributed by atoms with van der Waals surface area (Å²) in [5.41, 5.74) is 7.88. The van der Waals surface area contributed by atoms with Crippen LogP contribution < -0.4 is 5.73 Å². The van der Waals surface area contributed by atoms with Crippen LogP contribution in [0, 0.1) is 18.6 Å². The maximum Gasteiger partial charge on any atom is 0.201 e. The lowest BCUT2D eigenvalue weighted by Gasteiger charge is -2.08. The molecule has 2 heterocycles. The number of aromatic nitrogens is 3. The highest BCUT2D eigenvalue weighted by Gasteiger charge is 2.16. The second-order valence-corrected chi connectivity index (χ2v) is 4.55. The number of rotatable bonds is 2. The lowest BCUT2D eigenvalue weighted by atomic mass is 10.2. The van der Waals surface area contributed by atoms with Crippen molar-refractivity contribution in [2.24, 2.45) is 0 Å². The van der Waals surface area contributed by atoms with Crippen LogP contribution in [0.5, 0.6) is 0 Å². The SMILES string of the molecule is Cc1cccnc1Cn1c(N)nc2ccc(F)c(F)c21. The summed E-state index contributed by atoms with van der Waals surface area (Å²) in [5, 5.41) is 0. The molecule has 0 aliphatic carbocycles. The van der Waals surface area contributed by atoms with Gasteiger partial charge in [-0.2, -0.15) is 0 Å². The van der Waals surface area contributed by atoms with Gasteiger partial charge in [-0.05, 0) is 30.7 Å². The second-order valence-electron chi connectivity index (χ2n) is 4.55. The number of hydrogen-bond acceptors (Lipinski definition) is 3. The van der Waals surface area contributed by atoms with Crippen LogP contribution in [-0.4, -0.2) is 14.5 Å². The van der Waals surface area contributed by atoms with Gasteiger partial charge in [-0.1, -0.05) is 6.07 Å². The Morgan fingerprint density at radius 3 is 2.80 bits per heavy atom. The van der Waals surface area contributed by atoms with E-state index in [1.807, 2.05) is 19.1 Å². The third kappa shape index (κ3) is 1.89. The molecular formula is C14H12F2N4. The van der Waals surface area contributed by atoms with Gasteiger partial charge in [0, 0.05) is 6.20 Å². The van der Waals surface area contributed by atoms with E-state index < -0.39 is 11.6 Å². The number of aryl methyl sites for hydroxylation is 1. The normalized spacial score (nSPS) is 11.2. The summed E-state index contributed by atoms with van der Waals surface area (Å²) in [7, 11) is 0. The molecule has 0 bridgehead atoms. The molecule has 2 aromatic heterocycles. The fourth-order valence-corrected chi connectivity index (χ4v) is 2.17. The molecule has 0 radical (unpaired) electrons. The van der Waals surface area contributed by atoms with Crippen molar-refractivity contribution >= 4 is 17.0 Å². The molecule has 0 aliphatic rings. The Morgan fingerprint density at radius 2 is 2.05 bits per heavy atom. The van der Waals surface area contributed by atoms with E-state index in [2.05, 4.69) is 9.97 Å². The fourth-order valence-electron chi connectivity index (χ4n) is 2.17. The van der Waals surface area contributed by atoms with Crippen molar-refractivity contribution in [1.82, 2.24) is 14.5 Å². The van der Waals surface area contributed by atoms with Gasteiger partial charge in [0.25, 0.3) is 0 Å². The Hall–Kier alpha value is -2.50. The predicted molar refractivity (Wildman–Crippen MR) is 72.1 cm³/mol. The Balaban J connectivity index is 2.19. The highest BCUT2D eigenvalue weighted by molar-refractivity contribution is 5.79. The number of fused-ring (bicyclic) bond motifs is 1. The van der Waals surface area contributed by atoms with E-state index in [1.54, 1.807) is 6.20 Å². The third-order valence-electron chi connectivity index (χ3n) is 3.25. The molecule has 1 aromatic carbocycles. The number of pyridine rings is 1. The predicted octanol–water partition coefficient (Wildman–Crippen LogP) is 2.65. The Kier molecular flexibility index (Phi) is 2.85. The summed E-state index contributed by atoms with van der Waals surface area (Å²) in [6.07, 6.45) is 1.65. The fraction of sp³-hybridized carbons (Fsp3) is 0.143. The standard InChI is InChI=1S/C14H12F2N4/c1-8-3-2-6-18-11(8)7-20-13-10(19-14(20)17)5-4-9(15)12(13)16/h2-6H,7H2,1H3,(H2,17,19). The first-order valence-corrected chi connectivity index (χ1v) is 6.08. The van der Waals surface area contributed by atoms with Crippen LogP contribution in [0.25, 0.3) is 11.0 Å². The minimum atomic E-state index is -0.944. The zero-order valence-corrected chi connectivity index (χ0v) is 10.8. The van der Waals surface area contributed by atoms with Crippen LogP contribution in [0.2, 0.25) is 0 Å². The molecule has 0 unspecified atom stereocenters. The quantitative estimate of drug-likeness (QED) is 0.781. The van der Waals surface area contributed by atoms with Gasteiger partial charge < -0.3 is 10.3 Å². The highest BCUT2D eigenvalue weighted by Crippen LogP contribution is 2.24. The van der Waals surface area contributed by atoms with Gasteiger partial charge in [0.15, 0.2) is 11.6 Å². The molecule has 4 nitrogen and oxygen atoms in total. The number of nitrogens with zero attached hydrogens (tertiary/aromatic N) is 3. The molecule has 6 heteroatoms. The van der Waals surface area contributed by atoms with Crippen molar-refractivity contribution in [2.45, 2.75) is 13.5 Å². The first kappa shape index (κ1) is 12.5. The minimum Gasteiger partial charge on any atom is -0.369 e. The molecule has 2 N–H and O–H groups in total. The Bertz CT molecular complexity index is 795. The topological polar surface area (TPSA) is 56.7 Å².